The van der Waals surface area contributed by atoms with Crippen LogP contribution in [0.2, 0.25) is 0 Å². The number of hydrogen-bond acceptors (Lipinski definition) is 4. The van der Waals surface area contributed by atoms with Crippen LogP contribution in [0, 0.1) is 0 Å². The Hall–Kier alpha value is -2.08. The van der Waals surface area contributed by atoms with E-state index in [9.17, 15) is 4.79 Å². The van der Waals surface area contributed by atoms with Crippen LogP contribution in [0.1, 0.15) is 18.9 Å². The molecule has 1 saturated heterocycles. The number of carbonyl (C=O) groups is 1. The van der Waals surface area contributed by atoms with Crippen LogP contribution in [0.3, 0.4) is 0 Å². The van der Waals surface area contributed by atoms with E-state index in [4.69, 9.17) is 21.7 Å². The van der Waals surface area contributed by atoms with Crippen LogP contribution in [-0.2, 0) is 4.79 Å². The third-order valence-electron chi connectivity index (χ3n) is 2.68. The van der Waals surface area contributed by atoms with Crippen LogP contribution in [0.15, 0.2) is 23.9 Å². The number of rotatable bonds is 5. The van der Waals surface area contributed by atoms with Gasteiger partial charge in [-0.25, -0.2) is 0 Å². The van der Waals surface area contributed by atoms with Gasteiger partial charge in [0.2, 0.25) is 0 Å². The second-order valence-corrected chi connectivity index (χ2v) is 4.63. The smallest absolute Gasteiger partial charge is 0.273 e. The van der Waals surface area contributed by atoms with E-state index in [2.05, 4.69) is 10.6 Å². The molecule has 1 fully saturated rings. The minimum Gasteiger partial charge on any atom is -0.493 e. The first-order valence-electron chi connectivity index (χ1n) is 6.29. The Bertz CT molecular complexity index is 570. The molecule has 1 aliphatic rings. The molecule has 0 aliphatic carbocycles. The zero-order valence-electron chi connectivity index (χ0n) is 11.4. The highest BCUT2D eigenvalue weighted by atomic mass is 32.1. The fourth-order valence-corrected chi connectivity index (χ4v) is 1.96. The molecule has 0 saturated carbocycles. The summed E-state index contributed by atoms with van der Waals surface area (Å²) in [6, 6.07) is 5.50. The van der Waals surface area contributed by atoms with Gasteiger partial charge in [-0.05, 0) is 42.4 Å². The molecular formula is C14H16N2O3S. The first-order chi connectivity index (χ1) is 9.63. The third kappa shape index (κ3) is 3.27. The van der Waals surface area contributed by atoms with Gasteiger partial charge in [0.25, 0.3) is 5.91 Å². The molecule has 1 aromatic carbocycles. The average Bonchev–Trinajstić information content (AvgIpc) is 2.75. The molecule has 0 atom stereocenters. The van der Waals surface area contributed by atoms with Gasteiger partial charge in [0.1, 0.15) is 5.70 Å². The number of amides is 1. The Balaban J connectivity index is 2.23. The zero-order valence-corrected chi connectivity index (χ0v) is 12.2. The Labute approximate surface area is 123 Å². The Kier molecular flexibility index (Phi) is 4.57. The van der Waals surface area contributed by atoms with Gasteiger partial charge in [-0.2, -0.15) is 0 Å². The van der Waals surface area contributed by atoms with E-state index in [-0.39, 0.29) is 5.91 Å². The summed E-state index contributed by atoms with van der Waals surface area (Å²) in [5, 5.41) is 5.63. The van der Waals surface area contributed by atoms with Crippen molar-refractivity contribution in [1.82, 2.24) is 10.6 Å². The number of thiocarbonyl (C=S) groups is 1. The molecular weight excluding hydrogens is 276 g/mol. The molecule has 1 aromatic rings. The van der Waals surface area contributed by atoms with Crippen LogP contribution < -0.4 is 20.1 Å². The molecule has 20 heavy (non-hydrogen) atoms. The van der Waals surface area contributed by atoms with Gasteiger partial charge in [0.05, 0.1) is 13.7 Å². The van der Waals surface area contributed by atoms with Gasteiger partial charge in [-0.15, -0.1) is 0 Å². The van der Waals surface area contributed by atoms with Crippen molar-refractivity contribution in [2.75, 3.05) is 13.7 Å². The van der Waals surface area contributed by atoms with Crippen LogP contribution in [0.25, 0.3) is 6.08 Å². The zero-order chi connectivity index (χ0) is 14.5. The van der Waals surface area contributed by atoms with Gasteiger partial charge < -0.3 is 14.8 Å². The van der Waals surface area contributed by atoms with Gasteiger partial charge in [0.15, 0.2) is 16.6 Å². The molecule has 0 spiro atoms. The maximum atomic E-state index is 11.6. The minimum atomic E-state index is -0.236. The number of benzene rings is 1. The summed E-state index contributed by atoms with van der Waals surface area (Å²) in [4.78, 5) is 11.6. The van der Waals surface area contributed by atoms with Gasteiger partial charge in [-0.3, -0.25) is 10.1 Å². The fourth-order valence-electron chi connectivity index (χ4n) is 1.75. The lowest BCUT2D eigenvalue weighted by atomic mass is 10.1. The molecule has 2 N–H and O–H groups in total. The predicted octanol–water partition coefficient (Wildman–Crippen LogP) is 1.83. The predicted molar refractivity (Wildman–Crippen MR) is 80.6 cm³/mol. The number of carbonyl (C=O) groups excluding carboxylic acids is 1. The van der Waals surface area contributed by atoms with Crippen molar-refractivity contribution in [3.8, 4) is 11.5 Å². The lowest BCUT2D eigenvalue weighted by molar-refractivity contribution is -0.115. The molecule has 0 unspecified atom stereocenters. The summed E-state index contributed by atoms with van der Waals surface area (Å²) in [5.74, 6) is 1.09. The van der Waals surface area contributed by atoms with E-state index in [1.165, 1.54) is 0 Å². The van der Waals surface area contributed by atoms with Crippen molar-refractivity contribution in [2.45, 2.75) is 13.3 Å². The number of hydrogen-bond donors (Lipinski definition) is 2. The van der Waals surface area contributed by atoms with Crippen LogP contribution in [0.5, 0.6) is 11.5 Å². The largest absolute Gasteiger partial charge is 0.493 e. The van der Waals surface area contributed by atoms with Gasteiger partial charge in [-0.1, -0.05) is 13.0 Å². The summed E-state index contributed by atoms with van der Waals surface area (Å²) < 4.78 is 10.9. The molecule has 0 aromatic heterocycles. The van der Waals surface area contributed by atoms with Crippen molar-refractivity contribution in [3.63, 3.8) is 0 Å². The van der Waals surface area contributed by atoms with Gasteiger partial charge in [0, 0.05) is 0 Å². The van der Waals surface area contributed by atoms with Crippen molar-refractivity contribution in [3.05, 3.63) is 29.5 Å². The molecule has 1 heterocycles. The maximum Gasteiger partial charge on any atom is 0.273 e. The summed E-state index contributed by atoms with van der Waals surface area (Å²) in [7, 11) is 1.58. The lowest BCUT2D eigenvalue weighted by Gasteiger charge is -2.10. The molecule has 0 bridgehead atoms. The van der Waals surface area contributed by atoms with E-state index in [1.807, 2.05) is 25.1 Å². The number of nitrogens with one attached hydrogen (secondary N) is 2. The molecule has 6 heteroatoms. The summed E-state index contributed by atoms with van der Waals surface area (Å²) in [6.07, 6.45) is 2.64. The highest BCUT2D eigenvalue weighted by Gasteiger charge is 2.20. The van der Waals surface area contributed by atoms with Crippen LogP contribution >= 0.6 is 12.2 Å². The van der Waals surface area contributed by atoms with Crippen molar-refractivity contribution >= 4 is 29.3 Å². The number of methoxy groups -OCH3 is 1. The maximum absolute atomic E-state index is 11.6. The van der Waals surface area contributed by atoms with E-state index >= 15 is 0 Å². The highest BCUT2D eigenvalue weighted by molar-refractivity contribution is 7.80. The Morgan fingerprint density at radius 3 is 2.70 bits per heavy atom. The molecule has 2 rings (SSSR count). The lowest BCUT2D eigenvalue weighted by Crippen LogP contribution is -2.21. The first kappa shape index (κ1) is 14.3. The van der Waals surface area contributed by atoms with Gasteiger partial charge >= 0.3 is 0 Å². The van der Waals surface area contributed by atoms with Crippen molar-refractivity contribution < 1.29 is 14.3 Å². The second kappa shape index (κ2) is 6.38. The van der Waals surface area contributed by atoms with Crippen molar-refractivity contribution in [1.29, 1.82) is 0 Å². The topological polar surface area (TPSA) is 59.6 Å². The summed E-state index contributed by atoms with van der Waals surface area (Å²) >= 11 is 4.88. The number of ether oxygens (including phenoxy) is 2. The Morgan fingerprint density at radius 2 is 2.10 bits per heavy atom. The molecule has 0 radical (unpaired) electrons. The average molecular weight is 292 g/mol. The third-order valence-corrected chi connectivity index (χ3v) is 2.88. The highest BCUT2D eigenvalue weighted by Crippen LogP contribution is 2.29. The SMILES string of the molecule is CCCOc1ccc(/C=C2\NC(=S)NC2=O)cc1OC. The second-order valence-electron chi connectivity index (χ2n) is 4.23. The van der Waals surface area contributed by atoms with E-state index in [0.29, 0.717) is 28.9 Å². The Morgan fingerprint density at radius 1 is 1.30 bits per heavy atom. The van der Waals surface area contributed by atoms with E-state index in [1.54, 1.807) is 13.2 Å². The van der Waals surface area contributed by atoms with Crippen molar-refractivity contribution in [2.24, 2.45) is 0 Å². The molecule has 1 aliphatic heterocycles. The minimum absolute atomic E-state index is 0.236. The monoisotopic (exact) mass is 292 g/mol. The quantitative estimate of drug-likeness (QED) is 0.640. The van der Waals surface area contributed by atoms with E-state index < -0.39 is 0 Å². The normalized spacial score (nSPS) is 16.0. The standard InChI is InChI=1S/C14H16N2O3S/c1-3-6-19-11-5-4-9(8-12(11)18-2)7-10-13(17)16-14(20)15-10/h4-5,7-8H,3,6H2,1-2H3,(H2,15,16,17,20)/b10-7-. The van der Waals surface area contributed by atoms with E-state index in [0.717, 1.165) is 12.0 Å². The first-order valence-corrected chi connectivity index (χ1v) is 6.69. The summed E-state index contributed by atoms with van der Waals surface area (Å²) in [5.41, 5.74) is 1.24. The molecule has 106 valence electrons. The molecule has 5 nitrogen and oxygen atoms in total. The molecule has 1 amide bonds. The fraction of sp³-hybridized carbons (Fsp3) is 0.286. The van der Waals surface area contributed by atoms with Crippen LogP contribution in [-0.4, -0.2) is 24.7 Å². The summed E-state index contributed by atoms with van der Waals surface area (Å²) in [6.45, 7) is 2.67. The van der Waals surface area contributed by atoms with Crippen LogP contribution in [0.4, 0.5) is 0 Å².